The number of nitriles is 1. The summed E-state index contributed by atoms with van der Waals surface area (Å²) >= 11 is 9.54. The van der Waals surface area contributed by atoms with Gasteiger partial charge in [0, 0.05) is 108 Å². The van der Waals surface area contributed by atoms with Crippen molar-refractivity contribution in [2.75, 3.05) is 21.3 Å². The number of halogens is 7. The molecular weight excluding hydrogens is 1680 g/mol. The number of ether oxygens (including phenoxy) is 3. The van der Waals surface area contributed by atoms with E-state index in [4.69, 9.17) is 31.7 Å². The quantitative estimate of drug-likeness (QED) is 0.0315. The molecule has 0 aromatic heterocycles. The van der Waals surface area contributed by atoms with Crippen LogP contribution >= 0.6 is 111 Å². The summed E-state index contributed by atoms with van der Waals surface area (Å²) in [5.41, 5.74) is 15.3. The SMILES string of the molecule is CC(=O)O.COC(=O)c1ccc(/C=C(\CC#N)C(C)=O)c([N+](=O)[O-])c1.COC(=O)c1ccc2c(c1)N=C(N)CC(C(=O)O)=C2.COC(=O)c1ccc2c(c1)N=C(N)CC(C(C)=O)=C2.Cl.I.II.I[I-]I.[Fe]. The largest absolute Gasteiger partial charge is 0 e. The molecule has 2 heterocycles. The third kappa shape index (κ3) is 27.5. The maximum Gasteiger partial charge on any atom is 0 e. The molecule has 3 aromatic rings. The first-order valence-electron chi connectivity index (χ1n) is 18.5. The number of hydrogen-bond acceptors (Lipinski definition) is 17. The smallest absolute Gasteiger partial charge is 0 e. The Morgan fingerprint density at radius 3 is 1.48 bits per heavy atom. The summed E-state index contributed by atoms with van der Waals surface area (Å²) in [5, 5.41) is 36.2. The summed E-state index contributed by atoms with van der Waals surface area (Å²) in [6.45, 7) is 3.85. The zero-order valence-electron chi connectivity index (χ0n) is 37.8. The molecule has 0 amide bonds. The Bertz CT molecular complexity index is 2490. The Labute approximate surface area is 495 Å². The van der Waals surface area contributed by atoms with Gasteiger partial charge in [-0.05, 0) is 68.5 Å². The zero-order chi connectivity index (χ0) is 52.3. The standard InChI is InChI=1S/C14H12N2O5.C14H14N2O3.C13H12N2O4.C2H4O2.ClH.Fe.I3.I2.HI/c1-9(17)10(5-6-15)7-11-3-4-12(14(18)21-2)8-13(11)16(19)20;1-8(17)11-5-9-3-4-10(14(18)19-2)6-12(9)16-13(15)7-11;1-19-13(18)8-3-2-7-4-9(12(16)17)6-11(14)15-10(7)5-8;1-2(3)4;;;1-3-2;1-2;/h3-4,7-8H,5H2,1-2H3;3-6H,7H2,1-2H3,(H2,15,16);2-5H,6H2,1H3,(H2,14,15)(H,16,17);1H3,(H,3,4);1H;;;;1H/q;;;;;;-1;;/b10-7+;;;;;;;;. The van der Waals surface area contributed by atoms with Gasteiger partial charge < -0.3 is 35.9 Å². The number of nitrogens with two attached hydrogens (primary N) is 2. The van der Waals surface area contributed by atoms with Gasteiger partial charge in [-0.15, -0.1) is 36.4 Å². The van der Waals surface area contributed by atoms with Gasteiger partial charge >= 0.3 is 74.4 Å². The summed E-state index contributed by atoms with van der Waals surface area (Å²) in [5.74, 6) is -3.33. The molecule has 3 aromatic carbocycles. The number of rotatable bonds is 9. The maximum atomic E-state index is 11.5. The number of benzene rings is 3. The van der Waals surface area contributed by atoms with Gasteiger partial charge in [0.1, 0.15) is 11.7 Å². The number of hydrogen-bond donors (Lipinski definition) is 4. The fourth-order valence-electron chi connectivity index (χ4n) is 5.25. The summed E-state index contributed by atoms with van der Waals surface area (Å²) in [4.78, 5) is 95.9. The molecular formula is C43H44ClFeI6N6O14-. The first-order chi connectivity index (χ1) is 32.1. The van der Waals surface area contributed by atoms with E-state index in [9.17, 15) is 38.9 Å². The van der Waals surface area contributed by atoms with Gasteiger partial charge in [-0.25, -0.2) is 29.2 Å². The molecule has 0 radical (unpaired) electrons. The van der Waals surface area contributed by atoms with Crippen molar-refractivity contribution in [2.45, 2.75) is 40.0 Å². The van der Waals surface area contributed by atoms with Crippen molar-refractivity contribution in [3.8, 4) is 6.07 Å². The number of carboxylic acid groups (broad SMARTS) is 2. The average molecular weight is 1720 g/mol. The predicted octanol–water partition coefficient (Wildman–Crippen LogP) is 7.11. The Balaban J connectivity index is -0.000000428. The van der Waals surface area contributed by atoms with Crippen LogP contribution in [-0.4, -0.2) is 89.6 Å². The predicted molar refractivity (Wildman–Crippen MR) is 307 cm³/mol. The van der Waals surface area contributed by atoms with Crippen LogP contribution in [0.3, 0.4) is 0 Å². The number of ketones is 2. The third-order valence-electron chi connectivity index (χ3n) is 8.26. The number of nitro benzene ring substituents is 1. The molecule has 6 N–H and O–H groups in total. The van der Waals surface area contributed by atoms with Crippen molar-refractivity contribution < 1.29 is 93.2 Å². The van der Waals surface area contributed by atoms with Crippen LogP contribution < -0.4 is 24.7 Å². The summed E-state index contributed by atoms with van der Waals surface area (Å²) in [6.07, 6.45) is 4.77. The summed E-state index contributed by atoms with van der Waals surface area (Å²) in [6, 6.07) is 15.3. The summed E-state index contributed by atoms with van der Waals surface area (Å²) in [7, 11) is 3.77. The van der Waals surface area contributed by atoms with Crippen molar-refractivity contribution in [2.24, 2.45) is 21.5 Å². The second-order valence-electron chi connectivity index (χ2n) is 12.9. The molecule has 0 unspecified atom stereocenters. The first-order valence-corrected chi connectivity index (χ1v) is 37.4. The zero-order valence-corrected chi connectivity index (χ0v) is 52.9. The van der Waals surface area contributed by atoms with E-state index in [2.05, 4.69) is 98.7 Å². The van der Waals surface area contributed by atoms with Crippen molar-refractivity contribution in [1.82, 2.24) is 0 Å². The number of nitrogens with zero attached hydrogens (tertiary/aromatic N) is 4. The molecule has 0 spiro atoms. The van der Waals surface area contributed by atoms with Crippen molar-refractivity contribution in [3.05, 3.63) is 115 Å². The maximum absolute atomic E-state index is 11.5. The van der Waals surface area contributed by atoms with Crippen LogP contribution in [0.25, 0.3) is 18.2 Å². The Morgan fingerprint density at radius 2 is 1.14 bits per heavy atom. The normalized spacial score (nSPS) is 11.3. The Hall–Kier alpha value is -3.41. The van der Waals surface area contributed by atoms with Crippen LogP contribution in [0.1, 0.15) is 87.8 Å². The van der Waals surface area contributed by atoms with Gasteiger partial charge in [0.2, 0.25) is 0 Å². The molecule has 0 fully saturated rings. The molecule has 20 nitrogen and oxygen atoms in total. The fourth-order valence-corrected chi connectivity index (χ4v) is 5.25. The summed E-state index contributed by atoms with van der Waals surface area (Å²) < 4.78 is 13.8. The van der Waals surface area contributed by atoms with Gasteiger partial charge in [-0.3, -0.25) is 24.5 Å². The monoisotopic (exact) mass is 1720 g/mol. The molecule has 0 atom stereocenters. The first kappa shape index (κ1) is 74.1. The topological polar surface area (TPSA) is 331 Å². The van der Waals surface area contributed by atoms with E-state index < -0.39 is 34.8 Å². The van der Waals surface area contributed by atoms with E-state index in [1.54, 1.807) is 36.4 Å². The number of carboxylic acids is 2. The number of aliphatic imine (C=N–C) groups is 2. The molecule has 71 heavy (non-hydrogen) atoms. The fraction of sp³-hybridized carbons (Fsp3) is 0.209. The number of Topliss-reactive ketones (excluding diaryl/α,β-unsaturated/α-hetero) is 2. The molecule has 2 aliphatic rings. The second-order valence-corrected chi connectivity index (χ2v) is 29.2. The molecule has 388 valence electrons. The average Bonchev–Trinajstić information content (AvgIpc) is 3.58. The van der Waals surface area contributed by atoms with E-state index in [0.29, 0.717) is 59.1 Å². The number of carbonyl (C=O) groups is 7. The van der Waals surface area contributed by atoms with Crippen LogP contribution in [0.2, 0.25) is 0 Å². The number of nitro groups is 1. The van der Waals surface area contributed by atoms with E-state index >= 15 is 0 Å². The number of aliphatic carboxylic acids is 2. The molecule has 2 aliphatic heterocycles. The van der Waals surface area contributed by atoms with Gasteiger partial charge in [0.05, 0.1) is 72.4 Å². The van der Waals surface area contributed by atoms with Gasteiger partial charge in [0.25, 0.3) is 11.7 Å². The van der Waals surface area contributed by atoms with Crippen molar-refractivity contribution in [1.29, 1.82) is 5.26 Å². The van der Waals surface area contributed by atoms with Gasteiger partial charge in [-0.2, -0.15) is 5.26 Å². The Morgan fingerprint density at radius 1 is 0.775 bits per heavy atom. The number of allylic oxidation sites excluding steroid dienone is 1. The van der Waals surface area contributed by atoms with Crippen LogP contribution in [0.5, 0.6) is 0 Å². The number of esters is 3. The molecule has 0 aliphatic carbocycles. The van der Waals surface area contributed by atoms with Crippen molar-refractivity contribution in [3.63, 3.8) is 0 Å². The van der Waals surface area contributed by atoms with Gasteiger partial charge in [-0.1, -0.05) is 12.1 Å². The van der Waals surface area contributed by atoms with E-state index in [0.717, 1.165) is 18.6 Å². The van der Waals surface area contributed by atoms with Crippen LogP contribution in [0.15, 0.2) is 81.3 Å². The minimum atomic E-state index is -1.04. The van der Waals surface area contributed by atoms with Crippen LogP contribution in [0, 0.1) is 21.4 Å². The Kier molecular flexibility index (Phi) is 41.8. The molecule has 0 bridgehead atoms. The molecule has 0 saturated heterocycles. The number of fused-ring (bicyclic) bond motifs is 2. The van der Waals surface area contributed by atoms with E-state index in [-0.39, 0.29) is 112 Å². The number of carbonyl (C=O) groups excluding carboxylic acids is 5. The minimum Gasteiger partial charge on any atom is 0 e. The van der Waals surface area contributed by atoms with E-state index in [1.165, 1.54) is 65.5 Å². The molecule has 0 saturated carbocycles. The molecule has 28 heteroatoms. The van der Waals surface area contributed by atoms with Crippen LogP contribution in [0.4, 0.5) is 17.1 Å². The van der Waals surface area contributed by atoms with Gasteiger partial charge in [0.15, 0.2) is 11.6 Å². The third-order valence-corrected chi connectivity index (χ3v) is 8.26. The van der Waals surface area contributed by atoms with Crippen molar-refractivity contribution >= 4 is 199 Å². The molecule has 5 rings (SSSR count). The van der Waals surface area contributed by atoms with Crippen LogP contribution in [-0.2, 0) is 50.5 Å². The van der Waals surface area contributed by atoms with E-state index in [1.807, 2.05) is 6.07 Å². The second kappa shape index (κ2) is 40.0. The minimum absolute atomic E-state index is 0. The number of amidine groups is 2. The number of methoxy groups -OCH3 is 3.